The zero-order valence-corrected chi connectivity index (χ0v) is 17.7. The first-order valence-corrected chi connectivity index (χ1v) is 10.9. The van der Waals surface area contributed by atoms with Gasteiger partial charge in [0.2, 0.25) is 0 Å². The highest BCUT2D eigenvalue weighted by molar-refractivity contribution is 7.10. The van der Waals surface area contributed by atoms with Gasteiger partial charge in [-0.05, 0) is 19.3 Å². The second kappa shape index (κ2) is 8.35. The van der Waals surface area contributed by atoms with E-state index in [1.807, 2.05) is 12.4 Å². The van der Waals surface area contributed by atoms with E-state index >= 15 is 0 Å². The lowest BCUT2D eigenvalue weighted by atomic mass is 10.0. The maximum Gasteiger partial charge on any atom is 0.0934 e. The summed E-state index contributed by atoms with van der Waals surface area (Å²) in [5.74, 6) is 1.15. The van der Waals surface area contributed by atoms with Crippen molar-refractivity contribution in [2.75, 3.05) is 0 Å². The maximum absolute atomic E-state index is 4.88. The number of thiazole rings is 2. The molecule has 0 saturated heterocycles. The Hall–Kier alpha value is -1.66. The molecule has 4 nitrogen and oxygen atoms in total. The Morgan fingerprint density at radius 3 is 2.19 bits per heavy atom. The van der Waals surface area contributed by atoms with E-state index in [4.69, 9.17) is 9.97 Å². The summed E-state index contributed by atoms with van der Waals surface area (Å²) >= 11 is 3.47. The van der Waals surface area contributed by atoms with Gasteiger partial charge in [0, 0.05) is 41.4 Å². The lowest BCUT2D eigenvalue weighted by Gasteiger charge is -2.10. The quantitative estimate of drug-likeness (QED) is 0.537. The molecule has 0 bridgehead atoms. The van der Waals surface area contributed by atoms with Crippen molar-refractivity contribution in [3.63, 3.8) is 0 Å². The summed E-state index contributed by atoms with van der Waals surface area (Å²) in [6, 6.07) is 0. The Bertz CT molecular complexity index is 853. The van der Waals surface area contributed by atoms with Crippen molar-refractivity contribution in [3.05, 3.63) is 55.9 Å². The molecule has 0 aromatic carbocycles. The van der Waals surface area contributed by atoms with E-state index in [9.17, 15) is 0 Å². The first kappa shape index (κ1) is 19.1. The number of aryl methyl sites for hydroxylation is 1. The second-order valence-electron chi connectivity index (χ2n) is 7.26. The third-order valence-electron chi connectivity index (χ3n) is 4.51. The highest BCUT2D eigenvalue weighted by atomic mass is 32.1. The normalized spacial score (nSPS) is 13.9. The summed E-state index contributed by atoms with van der Waals surface area (Å²) in [7, 11) is 0. The molecule has 0 amide bonds. The van der Waals surface area contributed by atoms with Crippen molar-refractivity contribution in [3.8, 4) is 0 Å². The minimum absolute atomic E-state index is 0.341. The fourth-order valence-electron chi connectivity index (χ4n) is 2.84. The molecule has 6 heteroatoms. The molecule has 2 atom stereocenters. The van der Waals surface area contributed by atoms with Crippen LogP contribution in [-0.2, 0) is 12.8 Å². The summed E-state index contributed by atoms with van der Waals surface area (Å²) in [5.41, 5.74) is 4.44. The van der Waals surface area contributed by atoms with Gasteiger partial charge in [-0.3, -0.25) is 9.97 Å². The topological polar surface area (TPSA) is 51.6 Å². The molecule has 0 aliphatic rings. The van der Waals surface area contributed by atoms with Crippen molar-refractivity contribution in [2.45, 2.75) is 65.2 Å². The van der Waals surface area contributed by atoms with Crippen LogP contribution in [0.4, 0.5) is 0 Å². The lowest BCUT2D eigenvalue weighted by Crippen LogP contribution is -2.05. The zero-order chi connectivity index (χ0) is 18.7. The van der Waals surface area contributed by atoms with Crippen LogP contribution >= 0.6 is 22.7 Å². The molecule has 26 heavy (non-hydrogen) atoms. The number of rotatable bonds is 7. The summed E-state index contributed by atoms with van der Waals surface area (Å²) in [6.45, 7) is 10.8. The van der Waals surface area contributed by atoms with E-state index in [1.54, 1.807) is 22.7 Å². The molecule has 0 aliphatic carbocycles. The molecular formula is C20H26N4S2. The van der Waals surface area contributed by atoms with Crippen LogP contribution in [-0.4, -0.2) is 19.9 Å². The van der Waals surface area contributed by atoms with Gasteiger partial charge in [-0.15, -0.1) is 22.7 Å². The van der Waals surface area contributed by atoms with Crippen molar-refractivity contribution in [1.82, 2.24) is 19.9 Å². The Labute approximate surface area is 163 Å². The predicted molar refractivity (Wildman–Crippen MR) is 109 cm³/mol. The van der Waals surface area contributed by atoms with Crippen molar-refractivity contribution >= 4 is 22.7 Å². The van der Waals surface area contributed by atoms with E-state index in [-0.39, 0.29) is 0 Å². The van der Waals surface area contributed by atoms with Crippen molar-refractivity contribution in [1.29, 1.82) is 0 Å². The van der Waals surface area contributed by atoms with E-state index in [0.717, 1.165) is 34.9 Å². The predicted octanol–water partition coefficient (Wildman–Crippen LogP) is 5.51. The molecule has 3 rings (SSSR count). The average molecular weight is 387 g/mol. The van der Waals surface area contributed by atoms with Gasteiger partial charge >= 0.3 is 0 Å². The van der Waals surface area contributed by atoms with Crippen LogP contribution in [0.15, 0.2) is 23.2 Å². The largest absolute Gasteiger partial charge is 0.261 e. The van der Waals surface area contributed by atoms with Gasteiger partial charge in [-0.2, -0.15) is 0 Å². The first-order valence-electron chi connectivity index (χ1n) is 9.09. The minimum Gasteiger partial charge on any atom is -0.261 e. The van der Waals surface area contributed by atoms with E-state index in [1.165, 1.54) is 10.7 Å². The molecule has 3 aromatic heterocycles. The Morgan fingerprint density at radius 1 is 0.808 bits per heavy atom. The molecule has 0 spiro atoms. The molecule has 0 N–H and O–H groups in total. The number of nitrogens with zero attached hydrogens (tertiary/aromatic N) is 4. The monoisotopic (exact) mass is 386 g/mol. The Balaban J connectivity index is 1.64. The third-order valence-corrected chi connectivity index (χ3v) is 6.19. The number of hydrogen-bond donors (Lipinski definition) is 0. The molecule has 2 unspecified atom stereocenters. The first-order chi connectivity index (χ1) is 12.4. The summed E-state index contributed by atoms with van der Waals surface area (Å²) in [5, 5.41) is 6.67. The molecule has 0 radical (unpaired) electrons. The molecule has 0 fully saturated rings. The molecule has 3 aromatic rings. The minimum atomic E-state index is 0.341. The average Bonchev–Trinajstić information content (AvgIpc) is 3.24. The molecule has 3 heterocycles. The zero-order valence-electron chi connectivity index (χ0n) is 16.1. The smallest absolute Gasteiger partial charge is 0.0934 e. The van der Waals surface area contributed by atoms with E-state index < -0.39 is 0 Å². The van der Waals surface area contributed by atoms with Gasteiger partial charge in [-0.1, -0.05) is 27.7 Å². The summed E-state index contributed by atoms with van der Waals surface area (Å²) in [4.78, 5) is 18.6. The second-order valence-corrected chi connectivity index (χ2v) is 9.26. The van der Waals surface area contributed by atoms with E-state index in [2.05, 4.69) is 55.3 Å². The van der Waals surface area contributed by atoms with Gasteiger partial charge < -0.3 is 0 Å². The summed E-state index contributed by atoms with van der Waals surface area (Å²) in [6.07, 6.45) is 5.56. The maximum atomic E-state index is 4.88. The van der Waals surface area contributed by atoms with Crippen LogP contribution in [0.25, 0.3) is 0 Å². The van der Waals surface area contributed by atoms with Crippen LogP contribution in [0, 0.1) is 6.92 Å². The molecule has 138 valence electrons. The van der Waals surface area contributed by atoms with Gasteiger partial charge in [0.15, 0.2) is 0 Å². The van der Waals surface area contributed by atoms with Gasteiger partial charge in [-0.25, -0.2) is 9.97 Å². The highest BCUT2D eigenvalue weighted by Crippen LogP contribution is 2.27. The number of aromatic nitrogens is 4. The number of hydrogen-bond acceptors (Lipinski definition) is 6. The summed E-state index contributed by atoms with van der Waals surface area (Å²) < 4.78 is 0. The third kappa shape index (κ3) is 4.74. The molecule has 0 saturated carbocycles. The van der Waals surface area contributed by atoms with Crippen LogP contribution in [0.3, 0.4) is 0 Å². The van der Waals surface area contributed by atoms with Crippen LogP contribution in [0.1, 0.15) is 78.2 Å². The van der Waals surface area contributed by atoms with Crippen LogP contribution < -0.4 is 0 Å². The van der Waals surface area contributed by atoms with Gasteiger partial charge in [0.1, 0.15) is 0 Å². The highest BCUT2D eigenvalue weighted by Gasteiger charge is 2.16. The standard InChI is InChI=1S/C20H26N4S2/c1-12(2)17-9-21-8-16(23-17)6-13(3)19-11-26-20(24-19)7-14(4)18-10-25-15(5)22-18/h8-14H,6-7H2,1-5H3. The molecular weight excluding hydrogens is 360 g/mol. The van der Waals surface area contributed by atoms with Crippen LogP contribution in [0.5, 0.6) is 0 Å². The fraction of sp³-hybridized carbons (Fsp3) is 0.500. The molecule has 0 aliphatic heterocycles. The van der Waals surface area contributed by atoms with Gasteiger partial charge in [0.05, 0.1) is 32.8 Å². The van der Waals surface area contributed by atoms with Crippen LogP contribution in [0.2, 0.25) is 0 Å². The van der Waals surface area contributed by atoms with Crippen molar-refractivity contribution in [2.24, 2.45) is 0 Å². The Morgan fingerprint density at radius 2 is 1.50 bits per heavy atom. The van der Waals surface area contributed by atoms with Crippen molar-refractivity contribution < 1.29 is 0 Å². The van der Waals surface area contributed by atoms with E-state index in [0.29, 0.717) is 17.8 Å². The van der Waals surface area contributed by atoms with Gasteiger partial charge in [0.25, 0.3) is 0 Å². The SMILES string of the molecule is Cc1nc(C(C)Cc2nc(C(C)Cc3cncc(C(C)C)n3)cs2)cs1. The lowest BCUT2D eigenvalue weighted by molar-refractivity contribution is 0.688. The fourth-order valence-corrected chi connectivity index (χ4v) is 4.62. The Kier molecular flexibility index (Phi) is 6.14.